The van der Waals surface area contributed by atoms with Gasteiger partial charge in [0.1, 0.15) is 11.6 Å². The van der Waals surface area contributed by atoms with Crippen molar-refractivity contribution in [2.24, 2.45) is 0 Å². The van der Waals surface area contributed by atoms with Crippen molar-refractivity contribution in [1.29, 1.82) is 0 Å². The van der Waals surface area contributed by atoms with Crippen molar-refractivity contribution in [2.45, 2.75) is 26.3 Å². The number of hydrogen-bond acceptors (Lipinski definition) is 5. The summed E-state index contributed by atoms with van der Waals surface area (Å²) in [5, 5.41) is 11.8. The molecule has 6 nitrogen and oxygen atoms in total. The maximum absolute atomic E-state index is 13.8. The number of carbonyl (C=O) groups is 2. The van der Waals surface area contributed by atoms with Gasteiger partial charge in [-0.25, -0.2) is 4.39 Å². The Morgan fingerprint density at radius 2 is 1.84 bits per heavy atom. The van der Waals surface area contributed by atoms with Crippen LogP contribution in [0.3, 0.4) is 0 Å². The Balaban J connectivity index is 2.45. The van der Waals surface area contributed by atoms with Gasteiger partial charge >= 0.3 is 0 Å². The minimum absolute atomic E-state index is 0.222. The molecule has 0 N–H and O–H groups in total. The van der Waals surface area contributed by atoms with Crippen molar-refractivity contribution < 1.29 is 23.8 Å². The predicted octanol–water partition coefficient (Wildman–Crippen LogP) is 3.12. The molecule has 0 fully saturated rings. The Kier molecular flexibility index (Phi) is 6.34. The standard InChI is InChI=1S/C24H22FNO5/c1-14(2)26-23(20-10-8-15(25)12-21(20)31-3)18(11-9-16(27)13-22(28)29)17-6-4-5-7-19(17)24(26)30/h4-12,14H,13H2,1-3H3,(H,28,29)/p-1/b11-9+. The summed E-state index contributed by atoms with van der Waals surface area (Å²) in [5.74, 6) is -2.41. The van der Waals surface area contributed by atoms with E-state index >= 15 is 0 Å². The van der Waals surface area contributed by atoms with Gasteiger partial charge in [0, 0.05) is 34.6 Å². The molecule has 160 valence electrons. The van der Waals surface area contributed by atoms with E-state index < -0.39 is 24.0 Å². The van der Waals surface area contributed by atoms with E-state index in [1.54, 1.807) is 28.8 Å². The minimum Gasteiger partial charge on any atom is -0.550 e. The average Bonchev–Trinajstić information content (AvgIpc) is 2.72. The second-order valence-electron chi connectivity index (χ2n) is 7.27. The zero-order valence-electron chi connectivity index (χ0n) is 17.3. The number of hydrogen-bond donors (Lipinski definition) is 0. The van der Waals surface area contributed by atoms with Gasteiger partial charge in [-0.2, -0.15) is 0 Å². The summed E-state index contributed by atoms with van der Waals surface area (Å²) in [6.07, 6.45) is 1.86. The van der Waals surface area contributed by atoms with Gasteiger partial charge in [-0.15, -0.1) is 0 Å². The zero-order chi connectivity index (χ0) is 22.7. The van der Waals surface area contributed by atoms with Crippen LogP contribution in [0.25, 0.3) is 28.1 Å². The number of carboxylic acids is 1. The maximum atomic E-state index is 13.8. The lowest BCUT2D eigenvalue weighted by Crippen LogP contribution is -2.25. The molecule has 0 spiro atoms. The van der Waals surface area contributed by atoms with Crippen LogP contribution >= 0.6 is 0 Å². The van der Waals surface area contributed by atoms with Gasteiger partial charge in [0.25, 0.3) is 5.56 Å². The molecule has 0 saturated carbocycles. The van der Waals surface area contributed by atoms with E-state index in [2.05, 4.69) is 0 Å². The number of benzene rings is 2. The number of ketones is 1. The second kappa shape index (κ2) is 8.95. The van der Waals surface area contributed by atoms with E-state index in [9.17, 15) is 23.9 Å². The molecular formula is C24H21FNO5-. The predicted molar refractivity (Wildman–Crippen MR) is 114 cm³/mol. The Morgan fingerprint density at radius 1 is 1.16 bits per heavy atom. The van der Waals surface area contributed by atoms with Crippen LogP contribution in [0.4, 0.5) is 4.39 Å². The molecule has 0 aliphatic rings. The van der Waals surface area contributed by atoms with E-state index in [4.69, 9.17) is 4.74 Å². The second-order valence-corrected chi connectivity index (χ2v) is 7.27. The first-order valence-electron chi connectivity index (χ1n) is 9.66. The normalized spacial score (nSPS) is 11.4. The number of nitrogens with zero attached hydrogens (tertiary/aromatic N) is 1. The molecule has 0 atom stereocenters. The molecule has 0 saturated heterocycles. The highest BCUT2D eigenvalue weighted by molar-refractivity contribution is 6.05. The first-order valence-corrected chi connectivity index (χ1v) is 9.66. The van der Waals surface area contributed by atoms with Gasteiger partial charge in [-0.3, -0.25) is 9.59 Å². The third-order valence-electron chi connectivity index (χ3n) is 4.85. The molecule has 31 heavy (non-hydrogen) atoms. The Bertz CT molecular complexity index is 1260. The molecule has 2 aromatic carbocycles. The molecule has 0 aliphatic carbocycles. The van der Waals surface area contributed by atoms with E-state index in [0.717, 1.165) is 6.08 Å². The summed E-state index contributed by atoms with van der Waals surface area (Å²) in [6.45, 7) is 3.68. The van der Waals surface area contributed by atoms with Crippen LogP contribution in [0.15, 0.2) is 53.3 Å². The number of fused-ring (bicyclic) bond motifs is 1. The summed E-state index contributed by atoms with van der Waals surface area (Å²) in [7, 11) is 1.40. The molecule has 0 amide bonds. The van der Waals surface area contributed by atoms with E-state index in [1.807, 2.05) is 13.8 Å². The number of ether oxygens (including phenoxy) is 1. The quantitative estimate of drug-likeness (QED) is 0.431. The van der Waals surface area contributed by atoms with Crippen LogP contribution in [-0.2, 0) is 9.59 Å². The summed E-state index contributed by atoms with van der Waals surface area (Å²) in [4.78, 5) is 36.1. The summed E-state index contributed by atoms with van der Waals surface area (Å²) in [5.41, 5.74) is 1.17. The van der Waals surface area contributed by atoms with Gasteiger partial charge in [-0.1, -0.05) is 18.2 Å². The van der Waals surface area contributed by atoms with Crippen molar-refractivity contribution in [3.63, 3.8) is 0 Å². The minimum atomic E-state index is -1.48. The summed E-state index contributed by atoms with van der Waals surface area (Å²) in [6, 6.07) is 10.6. The van der Waals surface area contributed by atoms with Crippen molar-refractivity contribution in [3.05, 3.63) is 70.3 Å². The van der Waals surface area contributed by atoms with Gasteiger partial charge in [-0.05, 0) is 49.6 Å². The first-order chi connectivity index (χ1) is 14.7. The summed E-state index contributed by atoms with van der Waals surface area (Å²) >= 11 is 0. The summed E-state index contributed by atoms with van der Waals surface area (Å²) < 4.78 is 20.8. The molecule has 0 bridgehead atoms. The lowest BCUT2D eigenvalue weighted by molar-refractivity contribution is -0.304. The number of aliphatic carboxylic acids is 1. The van der Waals surface area contributed by atoms with Crippen molar-refractivity contribution in [1.82, 2.24) is 4.57 Å². The molecule has 1 heterocycles. The Morgan fingerprint density at radius 3 is 2.45 bits per heavy atom. The zero-order valence-corrected chi connectivity index (χ0v) is 17.3. The highest BCUT2D eigenvalue weighted by Crippen LogP contribution is 2.37. The van der Waals surface area contributed by atoms with Crippen LogP contribution in [0.5, 0.6) is 5.75 Å². The van der Waals surface area contributed by atoms with E-state index in [-0.39, 0.29) is 17.4 Å². The maximum Gasteiger partial charge on any atom is 0.259 e. The molecule has 3 rings (SSSR count). The molecular weight excluding hydrogens is 401 g/mol. The highest BCUT2D eigenvalue weighted by Gasteiger charge is 2.21. The van der Waals surface area contributed by atoms with Crippen LogP contribution < -0.4 is 15.4 Å². The SMILES string of the molecule is COc1cc(F)ccc1-c1c(/C=C/C(=O)CC(=O)[O-])c2ccccc2c(=O)n1C(C)C. The largest absolute Gasteiger partial charge is 0.550 e. The topological polar surface area (TPSA) is 88.4 Å². The number of methoxy groups -OCH3 is 1. The molecule has 1 aromatic heterocycles. The number of halogens is 1. The lowest BCUT2D eigenvalue weighted by Gasteiger charge is -2.22. The van der Waals surface area contributed by atoms with Crippen LogP contribution in [0, 0.1) is 5.82 Å². The Hall–Kier alpha value is -3.74. The first kappa shape index (κ1) is 22.0. The van der Waals surface area contributed by atoms with Crippen LogP contribution in [-0.4, -0.2) is 23.4 Å². The number of rotatable bonds is 7. The fraction of sp³-hybridized carbons (Fsp3) is 0.208. The molecule has 0 unspecified atom stereocenters. The molecule has 0 radical (unpaired) electrons. The Labute approximate surface area is 178 Å². The fourth-order valence-electron chi connectivity index (χ4n) is 3.57. The monoisotopic (exact) mass is 422 g/mol. The lowest BCUT2D eigenvalue weighted by atomic mass is 9.96. The average molecular weight is 422 g/mol. The van der Waals surface area contributed by atoms with Crippen molar-refractivity contribution in [3.8, 4) is 17.0 Å². The number of carboxylic acid groups (broad SMARTS) is 1. The number of pyridine rings is 1. The molecule has 3 aromatic rings. The van der Waals surface area contributed by atoms with Gasteiger partial charge in [0.2, 0.25) is 0 Å². The highest BCUT2D eigenvalue weighted by atomic mass is 19.1. The van der Waals surface area contributed by atoms with Crippen LogP contribution in [0.1, 0.15) is 31.9 Å². The van der Waals surface area contributed by atoms with Gasteiger partial charge in [0.05, 0.1) is 19.2 Å². The number of allylic oxidation sites excluding steroid dienone is 1. The van der Waals surface area contributed by atoms with Crippen LogP contribution in [0.2, 0.25) is 0 Å². The third-order valence-corrected chi connectivity index (χ3v) is 4.85. The number of aromatic nitrogens is 1. The van der Waals surface area contributed by atoms with Gasteiger partial charge < -0.3 is 19.2 Å². The van der Waals surface area contributed by atoms with E-state index in [0.29, 0.717) is 27.6 Å². The van der Waals surface area contributed by atoms with E-state index in [1.165, 1.54) is 31.4 Å². The molecule has 7 heteroatoms. The number of carbonyl (C=O) groups excluding carboxylic acids is 2. The van der Waals surface area contributed by atoms with Crippen molar-refractivity contribution in [2.75, 3.05) is 7.11 Å². The molecule has 0 aliphatic heterocycles. The van der Waals surface area contributed by atoms with Crippen molar-refractivity contribution >= 4 is 28.6 Å². The smallest absolute Gasteiger partial charge is 0.259 e. The fourth-order valence-corrected chi connectivity index (χ4v) is 3.57. The third kappa shape index (κ3) is 4.40. The van der Waals surface area contributed by atoms with Gasteiger partial charge in [0.15, 0.2) is 5.78 Å².